The fraction of sp³-hybridized carbons (Fsp3) is 0.378. The summed E-state index contributed by atoms with van der Waals surface area (Å²) in [6, 6.07) is 21.7. The predicted octanol–water partition coefficient (Wildman–Crippen LogP) is 6.82. The summed E-state index contributed by atoms with van der Waals surface area (Å²) in [5.74, 6) is 1.43. The minimum Gasteiger partial charge on any atom is -0.497 e. The molecule has 0 radical (unpaired) electrons. The first kappa shape index (κ1) is 31.4. The van der Waals surface area contributed by atoms with Gasteiger partial charge in [-0.25, -0.2) is 4.79 Å². The molecule has 0 saturated carbocycles. The maximum atomic E-state index is 11.6. The number of aromatic amines is 1. The number of aromatic nitrogens is 1. The maximum Gasteiger partial charge on any atom is 0.330 e. The average molecular weight is 596 g/mol. The lowest BCUT2D eigenvalue weighted by atomic mass is 10.0. The maximum absolute atomic E-state index is 11.6. The smallest absolute Gasteiger partial charge is 0.330 e. The number of ether oxygens (including phenoxy) is 3. The number of nitrogens with zero attached hydrogens (tertiary/aromatic N) is 2. The van der Waals surface area contributed by atoms with Crippen LogP contribution in [-0.2, 0) is 28.9 Å². The molecule has 1 aliphatic carbocycles. The molecule has 1 aliphatic rings. The van der Waals surface area contributed by atoms with Crippen molar-refractivity contribution in [2.24, 2.45) is 0 Å². The standard InChI is InChI=1S/C37H45N3O4/c1-5-39(6-2)21-22-44-31-12-7-28(8-13-31)26-40(20-19-30-25-38-35-24-32(42-3)14-16-33(30)35)36-17-11-29-23-27(9-15-34(29)36)10-18-37(41)43-4/h7-10,12-16,18,23-25,36,38H,5-6,11,17,19-22,26H2,1-4H3. The Morgan fingerprint density at radius 2 is 1.77 bits per heavy atom. The van der Waals surface area contributed by atoms with Gasteiger partial charge in [-0.1, -0.05) is 44.2 Å². The number of carbonyl (C=O) groups excluding carboxylic acids is 1. The van der Waals surface area contributed by atoms with Crippen LogP contribution in [0.1, 0.15) is 54.1 Å². The van der Waals surface area contributed by atoms with Gasteiger partial charge in [0.2, 0.25) is 0 Å². The second-order valence-electron chi connectivity index (χ2n) is 11.3. The molecule has 0 saturated heterocycles. The first-order valence-corrected chi connectivity index (χ1v) is 15.7. The summed E-state index contributed by atoms with van der Waals surface area (Å²) in [7, 11) is 3.10. The first-order valence-electron chi connectivity index (χ1n) is 15.7. The lowest BCUT2D eigenvalue weighted by Gasteiger charge is -2.30. The highest BCUT2D eigenvalue weighted by Gasteiger charge is 2.28. The molecule has 1 aromatic heterocycles. The van der Waals surface area contributed by atoms with Crippen LogP contribution < -0.4 is 9.47 Å². The highest BCUT2D eigenvalue weighted by molar-refractivity contribution is 5.87. The summed E-state index contributed by atoms with van der Waals surface area (Å²) in [6.07, 6.45) is 8.46. The van der Waals surface area contributed by atoms with Gasteiger partial charge in [0.05, 0.1) is 14.2 Å². The van der Waals surface area contributed by atoms with Crippen molar-refractivity contribution in [3.05, 3.63) is 101 Å². The minimum absolute atomic E-state index is 0.318. The molecule has 0 fully saturated rings. The molecule has 1 atom stereocenters. The fourth-order valence-electron chi connectivity index (χ4n) is 6.20. The number of hydrogen-bond acceptors (Lipinski definition) is 6. The van der Waals surface area contributed by atoms with E-state index < -0.39 is 0 Å². The topological polar surface area (TPSA) is 67.0 Å². The molecule has 7 nitrogen and oxygen atoms in total. The zero-order valence-electron chi connectivity index (χ0n) is 26.5. The van der Waals surface area contributed by atoms with Crippen LogP contribution >= 0.6 is 0 Å². The van der Waals surface area contributed by atoms with Crippen LogP contribution in [0.3, 0.4) is 0 Å². The first-order chi connectivity index (χ1) is 21.5. The second kappa shape index (κ2) is 15.1. The minimum atomic E-state index is -0.342. The number of methoxy groups -OCH3 is 2. The summed E-state index contributed by atoms with van der Waals surface area (Å²) >= 11 is 0. The van der Waals surface area contributed by atoms with Crippen LogP contribution in [0.4, 0.5) is 0 Å². The van der Waals surface area contributed by atoms with Gasteiger partial charge in [-0.2, -0.15) is 0 Å². The van der Waals surface area contributed by atoms with Crippen molar-refractivity contribution in [2.75, 3.05) is 47.0 Å². The van der Waals surface area contributed by atoms with Crippen LogP contribution in [0, 0.1) is 0 Å². The van der Waals surface area contributed by atoms with Crippen LogP contribution in [0.2, 0.25) is 0 Å². The molecule has 44 heavy (non-hydrogen) atoms. The molecular weight excluding hydrogens is 550 g/mol. The van der Waals surface area contributed by atoms with Gasteiger partial charge in [0, 0.05) is 54.9 Å². The third-order valence-electron chi connectivity index (χ3n) is 8.79. The Labute approximate surface area is 261 Å². The molecular formula is C37H45N3O4. The van der Waals surface area contributed by atoms with Gasteiger partial charge in [-0.05, 0) is 90.5 Å². The molecule has 1 unspecified atom stereocenters. The molecule has 3 aromatic carbocycles. The molecule has 0 amide bonds. The van der Waals surface area contributed by atoms with Crippen molar-refractivity contribution in [2.45, 2.75) is 45.7 Å². The number of fused-ring (bicyclic) bond motifs is 2. The van der Waals surface area contributed by atoms with Crippen LogP contribution in [0.5, 0.6) is 11.5 Å². The van der Waals surface area contributed by atoms with Gasteiger partial charge in [0.1, 0.15) is 18.1 Å². The van der Waals surface area contributed by atoms with E-state index in [4.69, 9.17) is 14.2 Å². The van der Waals surface area contributed by atoms with E-state index in [0.29, 0.717) is 12.6 Å². The van der Waals surface area contributed by atoms with E-state index in [1.165, 1.54) is 40.8 Å². The number of likely N-dealkylation sites (N-methyl/N-ethyl adjacent to an activating group) is 1. The number of H-pyrrole nitrogens is 1. The van der Waals surface area contributed by atoms with Gasteiger partial charge >= 0.3 is 5.97 Å². The summed E-state index contributed by atoms with van der Waals surface area (Å²) in [6.45, 7) is 9.85. The van der Waals surface area contributed by atoms with E-state index in [0.717, 1.165) is 74.6 Å². The molecule has 7 heteroatoms. The third-order valence-corrected chi connectivity index (χ3v) is 8.79. The third kappa shape index (κ3) is 7.71. The van der Waals surface area contributed by atoms with Gasteiger partial charge in [-0.3, -0.25) is 4.90 Å². The zero-order chi connectivity index (χ0) is 30.9. The highest BCUT2D eigenvalue weighted by Crippen LogP contribution is 2.38. The average Bonchev–Trinajstić information content (AvgIpc) is 3.68. The quantitative estimate of drug-likeness (QED) is 0.120. The van der Waals surface area contributed by atoms with Gasteiger partial charge < -0.3 is 24.1 Å². The SMILES string of the molecule is CCN(CC)CCOc1ccc(CN(CCc2c[nH]c3cc(OC)ccc23)C2CCc3cc(C=CC(=O)OC)ccc32)cc1. The van der Waals surface area contributed by atoms with Crippen LogP contribution in [0.15, 0.2) is 72.9 Å². The van der Waals surface area contributed by atoms with E-state index in [1.807, 2.05) is 12.1 Å². The van der Waals surface area contributed by atoms with Crippen molar-refractivity contribution in [1.82, 2.24) is 14.8 Å². The Kier molecular flexibility index (Phi) is 10.8. The normalized spacial score (nSPS) is 14.5. The molecule has 1 N–H and O–H groups in total. The molecule has 5 rings (SSSR count). The monoisotopic (exact) mass is 595 g/mol. The number of carbonyl (C=O) groups is 1. The van der Waals surface area contributed by atoms with E-state index in [9.17, 15) is 4.79 Å². The highest BCUT2D eigenvalue weighted by atomic mass is 16.5. The van der Waals surface area contributed by atoms with Gasteiger partial charge in [-0.15, -0.1) is 0 Å². The van der Waals surface area contributed by atoms with Crippen molar-refractivity contribution in [1.29, 1.82) is 0 Å². The van der Waals surface area contributed by atoms with Gasteiger partial charge in [0.25, 0.3) is 0 Å². The zero-order valence-corrected chi connectivity index (χ0v) is 26.5. The summed E-state index contributed by atoms with van der Waals surface area (Å²) in [5, 5.41) is 1.24. The number of hydrogen-bond donors (Lipinski definition) is 1. The van der Waals surface area contributed by atoms with Crippen LogP contribution in [0.25, 0.3) is 17.0 Å². The van der Waals surface area contributed by atoms with Crippen molar-refractivity contribution in [3.63, 3.8) is 0 Å². The Morgan fingerprint density at radius 3 is 2.52 bits per heavy atom. The summed E-state index contributed by atoms with van der Waals surface area (Å²) in [4.78, 5) is 20.0. The number of aryl methyl sites for hydroxylation is 1. The Morgan fingerprint density at radius 1 is 0.977 bits per heavy atom. The van der Waals surface area contributed by atoms with Crippen LogP contribution in [-0.4, -0.2) is 67.8 Å². The lowest BCUT2D eigenvalue weighted by Crippen LogP contribution is -2.29. The predicted molar refractivity (Wildman–Crippen MR) is 177 cm³/mol. The number of nitrogens with one attached hydrogen (secondary N) is 1. The Bertz CT molecular complexity index is 1560. The second-order valence-corrected chi connectivity index (χ2v) is 11.3. The molecule has 0 spiro atoms. The fourth-order valence-corrected chi connectivity index (χ4v) is 6.20. The van der Waals surface area contributed by atoms with Gasteiger partial charge in [0.15, 0.2) is 0 Å². The Hall–Kier alpha value is -4.07. The molecule has 232 valence electrons. The number of rotatable bonds is 15. The lowest BCUT2D eigenvalue weighted by molar-refractivity contribution is -0.134. The summed E-state index contributed by atoms with van der Waals surface area (Å²) < 4.78 is 16.2. The van der Waals surface area contributed by atoms with Crippen molar-refractivity contribution >= 4 is 22.9 Å². The molecule has 4 aromatic rings. The Balaban J connectivity index is 1.33. The molecule has 1 heterocycles. The van der Waals surface area contributed by atoms with E-state index in [1.54, 1.807) is 7.11 Å². The van der Waals surface area contributed by atoms with E-state index >= 15 is 0 Å². The largest absolute Gasteiger partial charge is 0.497 e. The molecule has 0 aliphatic heterocycles. The summed E-state index contributed by atoms with van der Waals surface area (Å²) in [5.41, 5.74) is 7.43. The number of benzene rings is 3. The van der Waals surface area contributed by atoms with E-state index in [2.05, 4.69) is 89.4 Å². The van der Waals surface area contributed by atoms with E-state index in [-0.39, 0.29) is 5.97 Å². The molecule has 0 bridgehead atoms. The van der Waals surface area contributed by atoms with Crippen molar-refractivity contribution < 1.29 is 19.0 Å². The number of esters is 1. The van der Waals surface area contributed by atoms with Crippen molar-refractivity contribution in [3.8, 4) is 11.5 Å².